The van der Waals surface area contributed by atoms with Crippen LogP contribution in [0.25, 0.3) is 61.1 Å². The van der Waals surface area contributed by atoms with Gasteiger partial charge >= 0.3 is 205 Å². The van der Waals surface area contributed by atoms with E-state index in [1.54, 1.807) is 0 Å². The Morgan fingerprint density at radius 3 is 2.33 bits per heavy atom. The van der Waals surface area contributed by atoms with Crippen molar-refractivity contribution in [2.24, 2.45) is 0 Å². The van der Waals surface area contributed by atoms with E-state index >= 15 is 0 Å². The van der Waals surface area contributed by atoms with Gasteiger partial charge in [0.25, 0.3) is 0 Å². The van der Waals surface area contributed by atoms with Gasteiger partial charge in [0, 0.05) is 0 Å². The molecule has 0 unspecified atom stereocenters. The Morgan fingerprint density at radius 1 is 0.722 bits per heavy atom. The number of nitrogens with zero attached hydrogens (tertiary/aromatic N) is 4. The molecule has 0 aliphatic carbocycles. The van der Waals surface area contributed by atoms with Crippen LogP contribution >= 0.6 is 0 Å². The summed E-state index contributed by atoms with van der Waals surface area (Å²) >= 11 is -2.00. The molecule has 0 N–H and O–H groups in total. The van der Waals surface area contributed by atoms with E-state index in [9.17, 15) is 0 Å². The Morgan fingerprint density at radius 2 is 1.50 bits per heavy atom. The van der Waals surface area contributed by atoms with Crippen LogP contribution in [0.2, 0.25) is 17.3 Å². The zero-order valence-corrected chi connectivity index (χ0v) is 22.5. The van der Waals surface area contributed by atoms with E-state index in [1.165, 1.54) is 4.40 Å². The van der Waals surface area contributed by atoms with Crippen molar-refractivity contribution in [1.29, 1.82) is 0 Å². The van der Waals surface area contributed by atoms with Gasteiger partial charge in [-0.2, -0.15) is 0 Å². The van der Waals surface area contributed by atoms with Crippen LogP contribution in [0.5, 0.6) is 0 Å². The normalized spacial score (nSPS) is 12.3. The summed E-state index contributed by atoms with van der Waals surface area (Å²) < 4.78 is 10.2. The average molecular weight is 529 g/mol. The molecule has 6 heteroatoms. The molecule has 0 atom stereocenters. The predicted molar refractivity (Wildman–Crippen MR) is 150 cm³/mol. The van der Waals surface area contributed by atoms with Crippen LogP contribution in [0, 0.1) is 0 Å². The SMILES string of the molecule is [CH3][Ge]([CH3])([CH3])[c]1ccc2c(c1)oc1c(-c3nc4nnc5ccccc5c4n3-c3ccccc3)cccc12. The van der Waals surface area contributed by atoms with Gasteiger partial charge in [-0.1, -0.05) is 6.07 Å². The van der Waals surface area contributed by atoms with E-state index in [0.29, 0.717) is 5.65 Å². The molecule has 4 aromatic carbocycles. The molecular weight excluding hydrogens is 505 g/mol. The van der Waals surface area contributed by atoms with Crippen LogP contribution in [0.3, 0.4) is 0 Å². The quantitative estimate of drug-likeness (QED) is 0.230. The number of fused-ring (bicyclic) bond motifs is 6. The minimum absolute atomic E-state index is 0.615. The summed E-state index contributed by atoms with van der Waals surface area (Å²) in [5.41, 5.74) is 6.13. The van der Waals surface area contributed by atoms with Crippen LogP contribution in [0.4, 0.5) is 0 Å². The van der Waals surface area contributed by atoms with Crippen molar-refractivity contribution in [2.45, 2.75) is 17.3 Å². The molecule has 0 aliphatic rings. The van der Waals surface area contributed by atoms with Gasteiger partial charge in [0.2, 0.25) is 0 Å². The molecule has 174 valence electrons. The topological polar surface area (TPSA) is 56.7 Å². The van der Waals surface area contributed by atoms with Gasteiger partial charge in [0.15, 0.2) is 0 Å². The summed E-state index contributed by atoms with van der Waals surface area (Å²) in [6, 6.07) is 31.4. The molecule has 0 saturated heterocycles. The van der Waals surface area contributed by atoms with Gasteiger partial charge in [-0.15, -0.1) is 0 Å². The monoisotopic (exact) mass is 530 g/mol. The summed E-state index contributed by atoms with van der Waals surface area (Å²) in [6.07, 6.45) is 0. The summed E-state index contributed by atoms with van der Waals surface area (Å²) in [6.45, 7) is 0. The number of hydrogen-bond acceptors (Lipinski definition) is 4. The Kier molecular flexibility index (Phi) is 4.60. The predicted octanol–water partition coefficient (Wildman–Crippen LogP) is 7.08. The Bertz CT molecular complexity index is 1930. The number of hydrogen-bond donors (Lipinski definition) is 0. The van der Waals surface area contributed by atoms with Crippen molar-refractivity contribution in [3.63, 3.8) is 0 Å². The molecule has 7 rings (SSSR count). The number of benzene rings is 4. The second-order valence-corrected chi connectivity index (χ2v) is 20.9. The third-order valence-corrected chi connectivity index (χ3v) is 11.2. The standard InChI is InChI=1S/C30H24GeN4O/c1-31(2,3)19-16-17-21-22-13-9-14-24(28(22)36-26(21)18-19)30-32-29-27(35(30)20-10-5-4-6-11-20)23-12-7-8-15-25(23)33-34-29/h4-18H,1-3H3. The van der Waals surface area contributed by atoms with E-state index in [1.807, 2.05) is 36.4 Å². The molecule has 0 fully saturated rings. The summed E-state index contributed by atoms with van der Waals surface area (Å²) in [7, 11) is 0. The van der Waals surface area contributed by atoms with Crippen molar-refractivity contribution < 1.29 is 4.42 Å². The third kappa shape index (κ3) is 3.19. The number of rotatable bonds is 3. The van der Waals surface area contributed by atoms with E-state index in [-0.39, 0.29) is 0 Å². The molecule has 0 radical (unpaired) electrons. The van der Waals surface area contributed by atoms with Crippen LogP contribution in [0.15, 0.2) is 95.4 Å². The molecule has 0 bridgehead atoms. The molecule has 3 aromatic heterocycles. The molecule has 0 spiro atoms. The minimum atomic E-state index is -2.00. The van der Waals surface area contributed by atoms with E-state index in [4.69, 9.17) is 9.40 Å². The fourth-order valence-electron chi connectivity index (χ4n) is 5.03. The summed E-state index contributed by atoms with van der Waals surface area (Å²) in [5.74, 6) is 8.01. The maximum absolute atomic E-state index is 6.59. The first kappa shape index (κ1) is 21.3. The Labute approximate surface area is 210 Å². The van der Waals surface area contributed by atoms with Gasteiger partial charge in [-0.3, -0.25) is 0 Å². The van der Waals surface area contributed by atoms with Crippen molar-refractivity contribution in [1.82, 2.24) is 19.7 Å². The maximum atomic E-state index is 6.59. The zero-order valence-electron chi connectivity index (χ0n) is 20.4. The zero-order chi connectivity index (χ0) is 24.4. The fourth-order valence-corrected chi connectivity index (χ4v) is 7.44. The Balaban J connectivity index is 1.59. The van der Waals surface area contributed by atoms with Gasteiger partial charge in [0.05, 0.1) is 0 Å². The van der Waals surface area contributed by atoms with Crippen molar-refractivity contribution in [3.8, 4) is 17.1 Å². The number of para-hydroxylation sites is 2. The molecule has 0 saturated carbocycles. The molecule has 3 heterocycles. The fraction of sp³-hybridized carbons (Fsp3) is 0.100. The average Bonchev–Trinajstić information content (AvgIpc) is 3.47. The van der Waals surface area contributed by atoms with E-state index in [0.717, 1.165) is 55.4 Å². The van der Waals surface area contributed by atoms with Gasteiger partial charge in [-0.05, 0) is 0 Å². The first-order valence-electron chi connectivity index (χ1n) is 12.1. The summed E-state index contributed by atoms with van der Waals surface area (Å²) in [4.78, 5) is 5.03. The van der Waals surface area contributed by atoms with Crippen molar-refractivity contribution >= 4 is 61.7 Å². The van der Waals surface area contributed by atoms with Crippen molar-refractivity contribution in [2.75, 3.05) is 0 Å². The van der Waals surface area contributed by atoms with E-state index in [2.05, 4.69) is 86.6 Å². The molecule has 7 aromatic rings. The van der Waals surface area contributed by atoms with Gasteiger partial charge < -0.3 is 0 Å². The van der Waals surface area contributed by atoms with Crippen LogP contribution in [-0.2, 0) is 0 Å². The third-order valence-electron chi connectivity index (χ3n) is 6.89. The molecule has 0 amide bonds. The van der Waals surface area contributed by atoms with Gasteiger partial charge in [0.1, 0.15) is 0 Å². The van der Waals surface area contributed by atoms with Crippen LogP contribution < -0.4 is 4.40 Å². The van der Waals surface area contributed by atoms with Gasteiger partial charge in [-0.25, -0.2) is 0 Å². The second kappa shape index (κ2) is 7.77. The Hall–Kier alpha value is -3.97. The first-order valence-corrected chi connectivity index (χ1v) is 19.5. The molecule has 36 heavy (non-hydrogen) atoms. The first-order chi connectivity index (χ1) is 17.5. The number of aromatic nitrogens is 4. The number of imidazole rings is 1. The number of furan rings is 1. The summed E-state index contributed by atoms with van der Waals surface area (Å²) in [5, 5.41) is 12.2. The van der Waals surface area contributed by atoms with Crippen LogP contribution in [-0.4, -0.2) is 33.0 Å². The molecular formula is C30H24GeN4O. The molecule has 5 nitrogen and oxygen atoms in total. The van der Waals surface area contributed by atoms with Crippen molar-refractivity contribution in [3.05, 3.63) is 91.0 Å². The van der Waals surface area contributed by atoms with E-state index < -0.39 is 13.3 Å². The van der Waals surface area contributed by atoms with Crippen LogP contribution in [0.1, 0.15) is 0 Å². The second-order valence-electron chi connectivity index (χ2n) is 10.2. The molecule has 0 aliphatic heterocycles.